The molecule has 10 heteroatoms. The van der Waals surface area contributed by atoms with Gasteiger partial charge in [-0.25, -0.2) is 0 Å². The van der Waals surface area contributed by atoms with E-state index in [4.69, 9.17) is 23.7 Å². The molecule has 10 nitrogen and oxygen atoms in total. The van der Waals surface area contributed by atoms with Crippen LogP contribution >= 0.6 is 0 Å². The molecule has 2 aliphatic heterocycles. The molecule has 0 unspecified atom stereocenters. The number of aliphatic hydroxyl groups excluding tert-OH is 2. The van der Waals surface area contributed by atoms with Crippen LogP contribution in [0.3, 0.4) is 0 Å². The fourth-order valence-corrected chi connectivity index (χ4v) is 7.76. The first-order valence-corrected chi connectivity index (χ1v) is 17.0. The Labute approximate surface area is 296 Å². The molecule has 2 aliphatic rings. The number of ether oxygens (including phenoxy) is 5. The van der Waals surface area contributed by atoms with Crippen molar-refractivity contribution in [1.82, 2.24) is 0 Å². The van der Waals surface area contributed by atoms with Crippen molar-refractivity contribution in [2.75, 3.05) is 34.5 Å². The molecule has 5 aromatic rings. The number of methoxy groups -OCH3 is 3. The Bertz CT molecular complexity index is 2060. The van der Waals surface area contributed by atoms with Crippen LogP contribution in [0.15, 0.2) is 78.9 Å². The lowest BCUT2D eigenvalue weighted by molar-refractivity contribution is -0.0883. The largest absolute Gasteiger partial charge is 0.508 e. The summed E-state index contributed by atoms with van der Waals surface area (Å²) < 4.78 is 30.0. The van der Waals surface area contributed by atoms with Gasteiger partial charge in [-0.2, -0.15) is 0 Å². The number of aliphatic hydroxyl groups is 2. The molecule has 5 aromatic carbocycles. The first-order chi connectivity index (χ1) is 24.7. The number of hydrogen-bond acceptors (Lipinski definition) is 10. The zero-order valence-corrected chi connectivity index (χ0v) is 28.7. The van der Waals surface area contributed by atoms with Crippen LogP contribution in [0.5, 0.6) is 40.2 Å². The van der Waals surface area contributed by atoms with Crippen molar-refractivity contribution < 1.29 is 49.2 Å². The molecule has 0 saturated carbocycles. The summed E-state index contributed by atoms with van der Waals surface area (Å²) in [7, 11) is 4.74. The summed E-state index contributed by atoms with van der Waals surface area (Å²) in [5.41, 5.74) is 4.21. The highest BCUT2D eigenvalue weighted by Gasteiger charge is 2.48. The van der Waals surface area contributed by atoms with Gasteiger partial charge in [0, 0.05) is 59.4 Å². The van der Waals surface area contributed by atoms with Gasteiger partial charge in [0.05, 0.1) is 33.0 Å². The van der Waals surface area contributed by atoms with E-state index in [0.717, 1.165) is 22.3 Å². The predicted molar refractivity (Wildman–Crippen MR) is 191 cm³/mol. The first kappa shape index (κ1) is 34.3. The van der Waals surface area contributed by atoms with Crippen molar-refractivity contribution >= 4 is 10.8 Å². The van der Waals surface area contributed by atoms with Crippen LogP contribution in [0.25, 0.3) is 21.9 Å². The number of aromatic hydroxyl groups is 3. The molecule has 0 radical (unpaired) electrons. The average Bonchev–Trinajstić information content (AvgIpc) is 3.12. The summed E-state index contributed by atoms with van der Waals surface area (Å²) >= 11 is 0. The average molecular weight is 695 g/mol. The zero-order valence-electron chi connectivity index (χ0n) is 28.7. The van der Waals surface area contributed by atoms with Crippen molar-refractivity contribution in [2.45, 2.75) is 37.6 Å². The quantitative estimate of drug-likeness (QED) is 0.0988. The summed E-state index contributed by atoms with van der Waals surface area (Å²) in [5, 5.41) is 56.6. The van der Waals surface area contributed by atoms with Crippen LogP contribution < -0.4 is 18.9 Å². The lowest BCUT2D eigenvalue weighted by Gasteiger charge is -2.45. The van der Waals surface area contributed by atoms with Crippen molar-refractivity contribution in [1.29, 1.82) is 0 Å². The molecule has 0 fully saturated rings. The maximum Gasteiger partial charge on any atom is 0.133 e. The van der Waals surface area contributed by atoms with Gasteiger partial charge in [0.15, 0.2) is 0 Å². The van der Waals surface area contributed by atoms with E-state index in [0.29, 0.717) is 70.8 Å². The minimum atomic E-state index is -1.05. The van der Waals surface area contributed by atoms with Gasteiger partial charge in [0.1, 0.15) is 46.4 Å². The number of fused-ring (bicyclic) bond motifs is 4. The Morgan fingerprint density at radius 2 is 1.49 bits per heavy atom. The monoisotopic (exact) mass is 694 g/mol. The van der Waals surface area contributed by atoms with Gasteiger partial charge in [0.2, 0.25) is 0 Å². The van der Waals surface area contributed by atoms with Gasteiger partial charge in [-0.15, -0.1) is 0 Å². The van der Waals surface area contributed by atoms with Crippen LogP contribution in [0.1, 0.15) is 47.3 Å². The molecule has 266 valence electrons. The van der Waals surface area contributed by atoms with Crippen LogP contribution in [-0.2, 0) is 11.2 Å². The molecule has 0 aliphatic carbocycles. The minimum absolute atomic E-state index is 0.0854. The summed E-state index contributed by atoms with van der Waals surface area (Å²) in [5.74, 6) is 1.20. The molecule has 51 heavy (non-hydrogen) atoms. The van der Waals surface area contributed by atoms with Gasteiger partial charge >= 0.3 is 0 Å². The van der Waals surface area contributed by atoms with Gasteiger partial charge < -0.3 is 49.2 Å². The third-order valence-electron chi connectivity index (χ3n) is 10.2. The molecular weight excluding hydrogens is 652 g/mol. The number of hydrogen-bond donors (Lipinski definition) is 5. The zero-order chi connectivity index (χ0) is 35.8. The highest BCUT2D eigenvalue weighted by Crippen LogP contribution is 2.53. The van der Waals surface area contributed by atoms with Crippen LogP contribution in [0, 0.1) is 11.8 Å². The molecule has 2 heterocycles. The van der Waals surface area contributed by atoms with Gasteiger partial charge in [-0.05, 0) is 90.2 Å². The number of phenols is 3. The van der Waals surface area contributed by atoms with Crippen molar-refractivity contribution in [3.8, 4) is 51.4 Å². The van der Waals surface area contributed by atoms with E-state index in [1.807, 2.05) is 18.2 Å². The molecule has 0 aromatic heterocycles. The lowest BCUT2D eigenvalue weighted by atomic mass is 9.72. The fraction of sp³-hybridized carbons (Fsp3) is 0.317. The number of benzene rings is 5. The SMILES string of the molecule is COCCC[C@@H]1Oc2c(cc(OC)c3cc(O)ccc23)[C@H](O)[C@@H]1[C@@H]1COc2c(Cc3cc(O)ccc3-c3cccc(O)c3)cc(OC)cc2[C@H]1O. The van der Waals surface area contributed by atoms with Crippen molar-refractivity contribution in [3.63, 3.8) is 0 Å². The van der Waals surface area contributed by atoms with E-state index in [2.05, 4.69) is 0 Å². The Hall–Kier alpha value is -5.16. The maximum atomic E-state index is 12.2. The van der Waals surface area contributed by atoms with E-state index >= 15 is 0 Å². The molecule has 0 amide bonds. The van der Waals surface area contributed by atoms with Crippen LogP contribution in [0.4, 0.5) is 0 Å². The molecular formula is C41H42O10. The molecule has 7 rings (SSSR count). The van der Waals surface area contributed by atoms with E-state index in [9.17, 15) is 25.5 Å². The predicted octanol–water partition coefficient (Wildman–Crippen LogP) is 6.81. The lowest BCUT2D eigenvalue weighted by Crippen LogP contribution is -2.46. The summed E-state index contributed by atoms with van der Waals surface area (Å²) in [4.78, 5) is 0. The number of phenolic OH excluding ortho intramolecular Hbond substituents is 3. The van der Waals surface area contributed by atoms with Crippen molar-refractivity contribution in [2.24, 2.45) is 11.8 Å². The standard InChI is InChI=1S/C41H42O10/c1-47-13-5-8-35-37(39(46)33-20-36(49-3)31-18-27(44)10-12-30(31)41(33)51-35)34-21-50-40-24(17-28(48-2)19-32(40)38(34)45)14-23-16-26(43)9-11-29(23)22-6-4-7-25(42)15-22/h4,6-7,9-12,15-20,34-35,37-39,42-46H,5,8,13-14,21H2,1-3H3/t34-,35-,37+,38+,39-/m0/s1. The Balaban J connectivity index is 1.28. The topological polar surface area (TPSA) is 147 Å². The molecule has 0 bridgehead atoms. The second kappa shape index (κ2) is 14.2. The van der Waals surface area contributed by atoms with Crippen LogP contribution in [-0.4, -0.2) is 66.2 Å². The molecule has 5 atom stereocenters. The fourth-order valence-electron chi connectivity index (χ4n) is 7.76. The maximum absolute atomic E-state index is 12.2. The van der Waals surface area contributed by atoms with E-state index in [1.165, 1.54) is 7.11 Å². The highest BCUT2D eigenvalue weighted by atomic mass is 16.5. The van der Waals surface area contributed by atoms with E-state index < -0.39 is 30.1 Å². The van der Waals surface area contributed by atoms with E-state index in [1.54, 1.807) is 74.9 Å². The first-order valence-electron chi connectivity index (χ1n) is 17.0. The third kappa shape index (κ3) is 6.46. The summed E-state index contributed by atoms with van der Waals surface area (Å²) in [6, 6.07) is 22.3. The normalized spacial score (nSPS) is 20.9. The third-order valence-corrected chi connectivity index (χ3v) is 10.2. The summed E-state index contributed by atoms with van der Waals surface area (Å²) in [6.45, 7) is 0.603. The molecule has 0 spiro atoms. The highest BCUT2D eigenvalue weighted by molar-refractivity contribution is 5.96. The van der Waals surface area contributed by atoms with Gasteiger partial charge in [-0.3, -0.25) is 0 Å². The molecule has 0 saturated heterocycles. The Morgan fingerprint density at radius 1 is 0.725 bits per heavy atom. The van der Waals surface area contributed by atoms with Gasteiger partial charge in [-0.1, -0.05) is 18.2 Å². The van der Waals surface area contributed by atoms with E-state index in [-0.39, 0.29) is 23.9 Å². The molecule has 5 N–H and O–H groups in total. The summed E-state index contributed by atoms with van der Waals surface area (Å²) in [6.07, 6.45) is -1.04. The number of rotatable bonds is 10. The second-order valence-electron chi connectivity index (χ2n) is 13.2. The van der Waals surface area contributed by atoms with Crippen LogP contribution in [0.2, 0.25) is 0 Å². The Morgan fingerprint density at radius 3 is 2.25 bits per heavy atom. The smallest absolute Gasteiger partial charge is 0.133 e. The van der Waals surface area contributed by atoms with Crippen molar-refractivity contribution in [3.05, 3.63) is 101 Å². The van der Waals surface area contributed by atoms with Gasteiger partial charge in [0.25, 0.3) is 0 Å². The Kier molecular flexibility index (Phi) is 9.56. The second-order valence-corrected chi connectivity index (χ2v) is 13.2. The minimum Gasteiger partial charge on any atom is -0.508 e.